The van der Waals surface area contributed by atoms with Crippen LogP contribution >= 0.6 is 8.07 Å². The predicted molar refractivity (Wildman–Crippen MR) is 121 cm³/mol. The van der Waals surface area contributed by atoms with E-state index in [4.69, 9.17) is 9.50 Å². The van der Waals surface area contributed by atoms with E-state index in [0.29, 0.717) is 0 Å². The molecule has 1 aliphatic heterocycles. The molecule has 0 bridgehead atoms. The Hall–Kier alpha value is -1.23. The van der Waals surface area contributed by atoms with Crippen LogP contribution < -0.4 is 0 Å². The molecule has 0 fully saturated rings. The molecule has 138 valence electrons. The molecule has 1 heterocycles. The molecule has 0 saturated heterocycles. The van der Waals surface area contributed by atoms with Gasteiger partial charge in [0, 0.05) is 5.56 Å². The minimum Gasteiger partial charge on any atom is -0.462 e. The van der Waals surface area contributed by atoms with Crippen molar-refractivity contribution in [3.8, 4) is 0 Å². The summed E-state index contributed by atoms with van der Waals surface area (Å²) in [5.74, 6) is 0.928. The van der Waals surface area contributed by atoms with Gasteiger partial charge in [-0.15, -0.1) is 0 Å². The number of benzene rings is 2. The number of hydrogen-bond acceptors (Lipinski definition) is 2. The van der Waals surface area contributed by atoms with E-state index in [2.05, 4.69) is 93.9 Å². The van der Waals surface area contributed by atoms with Gasteiger partial charge in [0.25, 0.3) is 0 Å². The highest BCUT2D eigenvalue weighted by atomic mass is 31.1. The first-order valence-electron chi connectivity index (χ1n) is 9.32. The summed E-state index contributed by atoms with van der Waals surface area (Å²) in [7, 11) is -3.38. The third-order valence-corrected chi connectivity index (χ3v) is 21.2. The largest absolute Gasteiger partial charge is 0.462 e. The van der Waals surface area contributed by atoms with Gasteiger partial charge in [0.15, 0.2) is 5.85 Å². The van der Waals surface area contributed by atoms with Crippen LogP contribution in [0.5, 0.6) is 0 Å². The zero-order chi connectivity index (χ0) is 18.9. The molecule has 0 aromatic heterocycles. The summed E-state index contributed by atoms with van der Waals surface area (Å²) in [6.07, 6.45) is 0. The molecule has 0 aliphatic carbocycles. The van der Waals surface area contributed by atoms with E-state index in [9.17, 15) is 0 Å². The summed E-state index contributed by atoms with van der Waals surface area (Å²) >= 11 is 0. The van der Waals surface area contributed by atoms with E-state index < -0.39 is 24.2 Å². The maximum Gasteiger partial charge on any atom is 0.220 e. The fourth-order valence-electron chi connectivity index (χ4n) is 4.17. The molecule has 2 atom stereocenters. The van der Waals surface area contributed by atoms with Crippen LogP contribution in [0.2, 0.25) is 39.3 Å². The highest BCUT2D eigenvalue weighted by molar-refractivity contribution is 7.64. The van der Waals surface area contributed by atoms with Gasteiger partial charge >= 0.3 is 0 Å². The Kier molecular flexibility index (Phi) is 5.57. The normalized spacial score (nSPS) is 20.8. The Balaban J connectivity index is 2.08. The lowest BCUT2D eigenvalue weighted by atomic mass is 10.2. The van der Waals surface area contributed by atoms with Crippen LogP contribution in [0.1, 0.15) is 17.0 Å². The quantitative estimate of drug-likeness (QED) is 0.406. The van der Waals surface area contributed by atoms with Crippen molar-refractivity contribution in [2.24, 2.45) is 4.76 Å². The molecule has 3 rings (SSSR count). The second-order valence-corrected chi connectivity index (χ2v) is 23.3. The summed E-state index contributed by atoms with van der Waals surface area (Å²) in [6, 6.07) is 21.1. The summed E-state index contributed by atoms with van der Waals surface area (Å²) in [5, 5.41) is 0. The van der Waals surface area contributed by atoms with Crippen LogP contribution in [-0.4, -0.2) is 27.0 Å². The summed E-state index contributed by atoms with van der Waals surface area (Å²) in [5.41, 5.74) is 2.37. The summed E-state index contributed by atoms with van der Waals surface area (Å²) < 4.78 is 11.8. The monoisotopic (exact) mass is 399 g/mol. The third-order valence-electron chi connectivity index (χ3n) is 4.68. The minimum absolute atomic E-state index is 0.0878. The Labute approximate surface area is 161 Å². The molecule has 0 amide bonds. The molecule has 0 N–H and O–H groups in total. The number of ether oxygens (including phenoxy) is 1. The molecule has 2 aromatic rings. The Morgan fingerprint density at radius 2 is 1.31 bits per heavy atom. The fraction of sp³-hybridized carbons (Fsp3) is 0.381. The van der Waals surface area contributed by atoms with Gasteiger partial charge in [-0.2, -0.15) is 0 Å². The Morgan fingerprint density at radius 1 is 0.808 bits per heavy atom. The number of rotatable bonds is 5. The van der Waals surface area contributed by atoms with Crippen LogP contribution in [0, 0.1) is 0 Å². The van der Waals surface area contributed by atoms with E-state index in [1.807, 2.05) is 6.07 Å². The summed E-state index contributed by atoms with van der Waals surface area (Å²) in [4.78, 5) is 0.719. The highest BCUT2D eigenvalue weighted by Gasteiger charge is 2.49. The smallest absolute Gasteiger partial charge is 0.220 e. The van der Waals surface area contributed by atoms with Gasteiger partial charge < -0.3 is 4.74 Å². The van der Waals surface area contributed by atoms with Crippen LogP contribution in [-0.2, 0) is 4.74 Å². The van der Waals surface area contributed by atoms with Crippen LogP contribution in [0.25, 0.3) is 0 Å². The predicted octanol–water partition coefficient (Wildman–Crippen LogP) is 6.68. The SMILES string of the molecule is C[Si](C)(C)C(P1N=C(c2ccccc2)O[C@H]1c1ccccc1)[Si](C)(C)C. The maximum absolute atomic E-state index is 6.54. The van der Waals surface area contributed by atoms with Crippen LogP contribution in [0.15, 0.2) is 65.4 Å². The standard InChI is InChI=1S/C21H30NOPSi2/c1-25(2,3)21(26(4,5)6)24-20(18-15-11-8-12-16-18)23-19(22-24)17-13-9-7-10-14-17/h7-16,20-21H,1-6H3/t20-,24?/m1/s1. The topological polar surface area (TPSA) is 21.6 Å². The van der Waals surface area contributed by atoms with Gasteiger partial charge in [0.1, 0.15) is 0 Å². The lowest BCUT2D eigenvalue weighted by Crippen LogP contribution is -2.52. The average Bonchev–Trinajstić information content (AvgIpc) is 2.98. The zero-order valence-corrected chi connectivity index (χ0v) is 19.6. The van der Waals surface area contributed by atoms with Crippen molar-refractivity contribution in [1.82, 2.24) is 0 Å². The molecule has 5 heteroatoms. The van der Waals surface area contributed by atoms with Gasteiger partial charge in [0.2, 0.25) is 5.90 Å². The van der Waals surface area contributed by atoms with Crippen molar-refractivity contribution < 1.29 is 4.74 Å². The van der Waals surface area contributed by atoms with E-state index in [1.54, 1.807) is 0 Å². The number of hydrogen-bond donors (Lipinski definition) is 0. The third kappa shape index (κ3) is 4.19. The second-order valence-electron chi connectivity index (χ2n) is 9.17. The van der Waals surface area contributed by atoms with E-state index in [-0.39, 0.29) is 5.85 Å². The van der Waals surface area contributed by atoms with Gasteiger partial charge in [0.05, 0.1) is 24.2 Å². The minimum atomic E-state index is -1.39. The van der Waals surface area contributed by atoms with E-state index in [1.165, 1.54) is 5.56 Å². The Bertz CT molecular complexity index is 752. The molecule has 0 spiro atoms. The van der Waals surface area contributed by atoms with Crippen molar-refractivity contribution in [2.45, 2.75) is 50.0 Å². The van der Waals surface area contributed by atoms with Gasteiger partial charge in [-0.3, -0.25) is 0 Å². The number of nitrogens with zero attached hydrogens (tertiary/aromatic N) is 1. The molecule has 2 aromatic carbocycles. The molecule has 0 radical (unpaired) electrons. The first-order valence-corrected chi connectivity index (χ1v) is 17.9. The lowest BCUT2D eigenvalue weighted by molar-refractivity contribution is 0.288. The average molecular weight is 400 g/mol. The fourth-order valence-corrected chi connectivity index (χ4v) is 23.6. The molecule has 1 unspecified atom stereocenters. The van der Waals surface area contributed by atoms with Crippen LogP contribution in [0.4, 0.5) is 0 Å². The molecule has 26 heavy (non-hydrogen) atoms. The highest BCUT2D eigenvalue weighted by Crippen LogP contribution is 2.64. The van der Waals surface area contributed by atoms with Crippen LogP contribution in [0.3, 0.4) is 0 Å². The molecule has 0 saturated carbocycles. The van der Waals surface area contributed by atoms with Crippen molar-refractivity contribution >= 4 is 30.1 Å². The van der Waals surface area contributed by atoms with Crippen molar-refractivity contribution in [2.75, 3.05) is 0 Å². The molecular weight excluding hydrogens is 369 g/mol. The maximum atomic E-state index is 6.54. The summed E-state index contributed by atoms with van der Waals surface area (Å²) in [6.45, 7) is 15.1. The molecule has 1 aliphatic rings. The van der Waals surface area contributed by atoms with E-state index >= 15 is 0 Å². The second kappa shape index (κ2) is 7.42. The van der Waals surface area contributed by atoms with E-state index in [0.717, 1.165) is 16.4 Å². The van der Waals surface area contributed by atoms with Gasteiger partial charge in [-0.05, 0) is 22.6 Å². The van der Waals surface area contributed by atoms with Crippen molar-refractivity contribution in [1.29, 1.82) is 0 Å². The van der Waals surface area contributed by atoms with Gasteiger partial charge in [-0.25, -0.2) is 4.76 Å². The van der Waals surface area contributed by atoms with Crippen molar-refractivity contribution in [3.05, 3.63) is 71.8 Å². The zero-order valence-electron chi connectivity index (χ0n) is 16.7. The lowest BCUT2D eigenvalue weighted by Gasteiger charge is -2.42. The molecular formula is C21H30NOPSi2. The first-order chi connectivity index (χ1) is 12.2. The Morgan fingerprint density at radius 3 is 1.81 bits per heavy atom. The first kappa shape index (κ1) is 19.5. The van der Waals surface area contributed by atoms with Gasteiger partial charge in [-0.1, -0.05) is 87.8 Å². The molecule has 2 nitrogen and oxygen atoms in total. The van der Waals surface area contributed by atoms with Crippen molar-refractivity contribution in [3.63, 3.8) is 0 Å².